The van der Waals surface area contributed by atoms with Gasteiger partial charge in [-0.15, -0.1) is 0 Å². The van der Waals surface area contributed by atoms with Crippen LogP contribution < -0.4 is 5.32 Å². The number of hydrogen-bond acceptors (Lipinski definition) is 2. The van der Waals surface area contributed by atoms with Crippen LogP contribution >= 0.6 is 0 Å². The van der Waals surface area contributed by atoms with Crippen molar-refractivity contribution in [3.63, 3.8) is 0 Å². The first-order valence-corrected chi connectivity index (χ1v) is 7.23. The molecule has 0 aliphatic heterocycles. The zero-order valence-corrected chi connectivity index (χ0v) is 12.7. The topological polar surface area (TPSA) is 32.3 Å². The summed E-state index contributed by atoms with van der Waals surface area (Å²) in [6.07, 6.45) is 0.497. The molecular weight excluding hydrogens is 260 g/mol. The van der Waals surface area contributed by atoms with E-state index in [4.69, 9.17) is 0 Å². The van der Waals surface area contributed by atoms with Crippen molar-refractivity contribution in [2.45, 2.75) is 19.9 Å². The number of carbonyl (C=O) groups is 1. The molecule has 0 fully saturated rings. The van der Waals surface area contributed by atoms with Gasteiger partial charge in [0.2, 0.25) is 5.91 Å². The van der Waals surface area contributed by atoms with E-state index < -0.39 is 0 Å². The summed E-state index contributed by atoms with van der Waals surface area (Å²) in [5, 5.41) is 3.27. The lowest BCUT2D eigenvalue weighted by Crippen LogP contribution is -2.27. The highest BCUT2D eigenvalue weighted by molar-refractivity contribution is 5.76. The van der Waals surface area contributed by atoms with E-state index in [1.807, 2.05) is 49.5 Å². The van der Waals surface area contributed by atoms with Gasteiger partial charge in [-0.2, -0.15) is 0 Å². The molecule has 0 aromatic heterocycles. The van der Waals surface area contributed by atoms with Crippen LogP contribution in [0.1, 0.15) is 17.5 Å². The predicted molar refractivity (Wildman–Crippen MR) is 87.2 cm³/mol. The minimum atomic E-state index is 0.151. The van der Waals surface area contributed by atoms with Gasteiger partial charge in [-0.05, 0) is 24.6 Å². The Labute approximate surface area is 126 Å². The van der Waals surface area contributed by atoms with Crippen molar-refractivity contribution >= 4 is 11.6 Å². The molecule has 0 spiro atoms. The summed E-state index contributed by atoms with van der Waals surface area (Å²) in [6.45, 7) is 3.37. The fourth-order valence-corrected chi connectivity index (χ4v) is 2.12. The number of hydrogen-bond donors (Lipinski definition) is 1. The first kappa shape index (κ1) is 15.1. The summed E-state index contributed by atoms with van der Waals surface area (Å²) >= 11 is 0. The number of benzene rings is 2. The normalized spacial score (nSPS) is 10.2. The largest absolute Gasteiger partial charge is 0.385 e. The molecule has 0 unspecified atom stereocenters. The van der Waals surface area contributed by atoms with E-state index in [1.165, 1.54) is 5.56 Å². The Balaban J connectivity index is 1.75. The van der Waals surface area contributed by atoms with Gasteiger partial charge in [-0.25, -0.2) is 0 Å². The molecule has 110 valence electrons. The highest BCUT2D eigenvalue weighted by atomic mass is 16.2. The highest BCUT2D eigenvalue weighted by Gasteiger charge is 2.08. The number of aryl methyl sites for hydroxylation is 1. The van der Waals surface area contributed by atoms with Gasteiger partial charge >= 0.3 is 0 Å². The maximum absolute atomic E-state index is 12.1. The zero-order valence-electron chi connectivity index (χ0n) is 12.7. The maximum Gasteiger partial charge on any atom is 0.224 e. The Kier molecular flexibility index (Phi) is 5.38. The number of anilines is 1. The summed E-state index contributed by atoms with van der Waals surface area (Å²) in [5.74, 6) is 0.151. The molecule has 2 rings (SSSR count). The monoisotopic (exact) mass is 282 g/mol. The van der Waals surface area contributed by atoms with Crippen LogP contribution in [-0.2, 0) is 11.3 Å². The van der Waals surface area contributed by atoms with Gasteiger partial charge in [0, 0.05) is 32.2 Å². The molecule has 1 N–H and O–H groups in total. The minimum absolute atomic E-state index is 0.151. The van der Waals surface area contributed by atoms with E-state index in [9.17, 15) is 4.79 Å². The maximum atomic E-state index is 12.1. The fraction of sp³-hybridized carbons (Fsp3) is 0.278. The van der Waals surface area contributed by atoms with E-state index in [0.717, 1.165) is 11.3 Å². The Bertz CT molecular complexity index is 564. The van der Waals surface area contributed by atoms with E-state index in [1.54, 1.807) is 4.90 Å². The van der Waals surface area contributed by atoms with Crippen LogP contribution in [0.2, 0.25) is 0 Å². The Hall–Kier alpha value is -2.29. The number of rotatable bonds is 6. The van der Waals surface area contributed by atoms with Crippen molar-refractivity contribution < 1.29 is 4.79 Å². The minimum Gasteiger partial charge on any atom is -0.385 e. The molecular formula is C18H22N2O. The lowest BCUT2D eigenvalue weighted by atomic mass is 10.2. The molecule has 1 amide bonds. The number of nitrogens with one attached hydrogen (secondary N) is 1. The fourth-order valence-electron chi connectivity index (χ4n) is 2.12. The van der Waals surface area contributed by atoms with Crippen molar-refractivity contribution in [3.8, 4) is 0 Å². The summed E-state index contributed by atoms with van der Waals surface area (Å²) in [5.41, 5.74) is 3.44. The molecule has 3 heteroatoms. The molecule has 0 atom stereocenters. The van der Waals surface area contributed by atoms with E-state index in [-0.39, 0.29) is 5.91 Å². The molecule has 3 nitrogen and oxygen atoms in total. The molecule has 0 radical (unpaired) electrons. The number of carbonyl (C=O) groups excluding carboxylic acids is 1. The van der Waals surface area contributed by atoms with Crippen LogP contribution in [0.25, 0.3) is 0 Å². The van der Waals surface area contributed by atoms with E-state index >= 15 is 0 Å². The molecule has 2 aromatic rings. The van der Waals surface area contributed by atoms with Gasteiger partial charge in [0.15, 0.2) is 0 Å². The van der Waals surface area contributed by atoms with Gasteiger partial charge in [-0.1, -0.05) is 48.0 Å². The highest BCUT2D eigenvalue weighted by Crippen LogP contribution is 2.09. The summed E-state index contributed by atoms with van der Waals surface area (Å²) < 4.78 is 0. The lowest BCUT2D eigenvalue weighted by molar-refractivity contribution is -0.130. The van der Waals surface area contributed by atoms with Crippen LogP contribution in [0, 0.1) is 6.92 Å². The standard InChI is InChI=1S/C18H22N2O/c1-15-8-10-17(11-9-15)19-13-12-18(21)20(2)14-16-6-4-3-5-7-16/h3-11,19H,12-14H2,1-2H3. The Morgan fingerprint density at radius 2 is 1.71 bits per heavy atom. The predicted octanol–water partition coefficient (Wildman–Crippen LogP) is 3.46. The zero-order chi connectivity index (χ0) is 15.1. The van der Waals surface area contributed by atoms with Crippen LogP contribution in [0.3, 0.4) is 0 Å². The lowest BCUT2D eigenvalue weighted by Gasteiger charge is -2.17. The molecule has 0 aliphatic carbocycles. The Morgan fingerprint density at radius 1 is 1.05 bits per heavy atom. The third kappa shape index (κ3) is 4.95. The van der Waals surface area contributed by atoms with Crippen molar-refractivity contribution in [2.75, 3.05) is 18.9 Å². The quantitative estimate of drug-likeness (QED) is 0.880. The summed E-state index contributed by atoms with van der Waals surface area (Å²) in [7, 11) is 1.85. The van der Waals surface area contributed by atoms with Crippen molar-refractivity contribution in [3.05, 3.63) is 65.7 Å². The molecule has 2 aromatic carbocycles. The van der Waals surface area contributed by atoms with Gasteiger partial charge in [0.1, 0.15) is 0 Å². The van der Waals surface area contributed by atoms with Gasteiger partial charge in [0.05, 0.1) is 0 Å². The molecule has 0 saturated carbocycles. The van der Waals surface area contributed by atoms with E-state index in [0.29, 0.717) is 19.5 Å². The first-order valence-electron chi connectivity index (χ1n) is 7.23. The second-order valence-corrected chi connectivity index (χ2v) is 5.28. The SMILES string of the molecule is Cc1ccc(NCCC(=O)N(C)Cc2ccccc2)cc1. The number of nitrogens with zero attached hydrogens (tertiary/aromatic N) is 1. The molecule has 0 saturated heterocycles. The van der Waals surface area contributed by atoms with Crippen LogP contribution in [0.15, 0.2) is 54.6 Å². The molecule has 21 heavy (non-hydrogen) atoms. The van der Waals surface area contributed by atoms with Gasteiger partial charge in [0.25, 0.3) is 0 Å². The van der Waals surface area contributed by atoms with Crippen LogP contribution in [0.4, 0.5) is 5.69 Å². The van der Waals surface area contributed by atoms with Crippen LogP contribution in [0.5, 0.6) is 0 Å². The second kappa shape index (κ2) is 7.48. The van der Waals surface area contributed by atoms with Crippen molar-refractivity contribution in [1.82, 2.24) is 4.90 Å². The Morgan fingerprint density at radius 3 is 2.38 bits per heavy atom. The smallest absolute Gasteiger partial charge is 0.224 e. The molecule has 0 heterocycles. The first-order chi connectivity index (χ1) is 10.1. The third-order valence-electron chi connectivity index (χ3n) is 3.41. The average molecular weight is 282 g/mol. The third-order valence-corrected chi connectivity index (χ3v) is 3.41. The van der Waals surface area contributed by atoms with Gasteiger partial charge < -0.3 is 10.2 Å². The molecule has 0 bridgehead atoms. The summed E-state index contributed by atoms with van der Waals surface area (Å²) in [4.78, 5) is 13.8. The van der Waals surface area contributed by atoms with Gasteiger partial charge in [-0.3, -0.25) is 4.79 Å². The molecule has 0 aliphatic rings. The van der Waals surface area contributed by atoms with Crippen molar-refractivity contribution in [2.24, 2.45) is 0 Å². The summed E-state index contributed by atoms with van der Waals surface area (Å²) in [6, 6.07) is 18.2. The average Bonchev–Trinajstić information content (AvgIpc) is 2.50. The number of amides is 1. The van der Waals surface area contributed by atoms with Crippen molar-refractivity contribution in [1.29, 1.82) is 0 Å². The van der Waals surface area contributed by atoms with E-state index in [2.05, 4.69) is 24.4 Å². The second-order valence-electron chi connectivity index (χ2n) is 5.28. The van der Waals surface area contributed by atoms with Crippen LogP contribution in [-0.4, -0.2) is 24.4 Å².